The first-order valence-corrected chi connectivity index (χ1v) is 11.2. The normalized spacial score (nSPS) is 17.9. The van der Waals surface area contributed by atoms with Crippen LogP contribution in [0.25, 0.3) is 5.70 Å². The van der Waals surface area contributed by atoms with E-state index in [-0.39, 0.29) is 12.0 Å². The molecule has 0 bridgehead atoms. The van der Waals surface area contributed by atoms with Gasteiger partial charge in [-0.25, -0.2) is 9.48 Å². The number of hydrogen-bond donors (Lipinski definition) is 1. The van der Waals surface area contributed by atoms with E-state index in [2.05, 4.69) is 15.4 Å². The molecule has 1 N–H and O–H groups in total. The molecule has 0 unspecified atom stereocenters. The summed E-state index contributed by atoms with van der Waals surface area (Å²) in [6, 6.07) is 22.9. The van der Waals surface area contributed by atoms with Gasteiger partial charge in [-0.3, -0.25) is 0 Å². The number of nitrogens with zero attached hydrogens (tertiary/aromatic N) is 3. The fraction of sp³-hybridized carbons (Fsp3) is 0.148. The molecule has 8 heteroatoms. The van der Waals surface area contributed by atoms with E-state index in [9.17, 15) is 4.79 Å². The van der Waals surface area contributed by atoms with Gasteiger partial charge in [0.15, 0.2) is 0 Å². The van der Waals surface area contributed by atoms with Crippen molar-refractivity contribution in [1.29, 1.82) is 0 Å². The predicted molar refractivity (Wildman–Crippen MR) is 129 cm³/mol. The molecule has 0 saturated carbocycles. The number of anilines is 1. The van der Waals surface area contributed by atoms with E-state index >= 15 is 0 Å². The van der Waals surface area contributed by atoms with Gasteiger partial charge < -0.3 is 19.5 Å². The molecule has 6 rings (SSSR count). The van der Waals surface area contributed by atoms with Crippen LogP contribution in [0.2, 0.25) is 0 Å². The lowest BCUT2D eigenvalue weighted by Gasteiger charge is -2.39. The fourth-order valence-corrected chi connectivity index (χ4v) is 4.71. The third-order valence-corrected chi connectivity index (χ3v) is 6.39. The average molecular weight is 466 g/mol. The molecule has 0 saturated heterocycles. The van der Waals surface area contributed by atoms with E-state index in [1.165, 1.54) is 7.11 Å². The van der Waals surface area contributed by atoms with Crippen molar-refractivity contribution in [3.05, 3.63) is 107 Å². The Labute approximate surface area is 201 Å². The Bertz CT molecular complexity index is 1440. The average Bonchev–Trinajstić information content (AvgIpc) is 3.39. The summed E-state index contributed by atoms with van der Waals surface area (Å²) in [6.07, 6.45) is 1.12. The summed E-state index contributed by atoms with van der Waals surface area (Å²) in [5.41, 5.74) is 5.30. The van der Waals surface area contributed by atoms with Crippen LogP contribution >= 0.6 is 0 Å². The number of benzene rings is 3. The minimum Gasteiger partial charge on any atom is -0.497 e. The Morgan fingerprint density at radius 3 is 2.46 bits per heavy atom. The van der Waals surface area contributed by atoms with Crippen LogP contribution in [0.15, 0.2) is 84.7 Å². The molecule has 3 heterocycles. The van der Waals surface area contributed by atoms with Crippen LogP contribution in [0.1, 0.15) is 39.2 Å². The van der Waals surface area contributed by atoms with Crippen molar-refractivity contribution in [1.82, 2.24) is 14.8 Å². The topological polar surface area (TPSA) is 87.5 Å². The molecular weight excluding hydrogens is 444 g/mol. The minimum atomic E-state index is -0.427. The second-order valence-electron chi connectivity index (χ2n) is 8.27. The van der Waals surface area contributed by atoms with Crippen molar-refractivity contribution in [2.24, 2.45) is 0 Å². The maximum absolute atomic E-state index is 12.0. The van der Waals surface area contributed by atoms with Crippen molar-refractivity contribution in [2.75, 3.05) is 19.5 Å². The Kier molecular flexibility index (Phi) is 4.99. The van der Waals surface area contributed by atoms with E-state index in [4.69, 9.17) is 14.2 Å². The fourth-order valence-electron chi connectivity index (χ4n) is 4.71. The van der Waals surface area contributed by atoms with Gasteiger partial charge >= 0.3 is 5.97 Å². The zero-order valence-electron chi connectivity index (χ0n) is 19.1. The molecule has 0 fully saturated rings. The van der Waals surface area contributed by atoms with Gasteiger partial charge in [-0.1, -0.05) is 36.4 Å². The van der Waals surface area contributed by atoms with Crippen LogP contribution in [-0.2, 0) is 4.74 Å². The largest absolute Gasteiger partial charge is 0.497 e. The molecule has 35 heavy (non-hydrogen) atoms. The monoisotopic (exact) mass is 466 g/mol. The van der Waals surface area contributed by atoms with Crippen molar-refractivity contribution in [2.45, 2.75) is 12.1 Å². The van der Waals surface area contributed by atoms with E-state index in [1.54, 1.807) is 25.6 Å². The lowest BCUT2D eigenvalue weighted by molar-refractivity contribution is 0.0600. The van der Waals surface area contributed by atoms with Gasteiger partial charge in [0.05, 0.1) is 25.5 Å². The highest BCUT2D eigenvalue weighted by Crippen LogP contribution is 2.50. The highest BCUT2D eigenvalue weighted by Gasteiger charge is 2.40. The number of esters is 1. The van der Waals surface area contributed by atoms with E-state index in [1.807, 2.05) is 65.3 Å². The summed E-state index contributed by atoms with van der Waals surface area (Å²) in [7, 11) is 3.02. The van der Waals surface area contributed by atoms with Crippen LogP contribution in [0.5, 0.6) is 11.5 Å². The minimum absolute atomic E-state index is 0.270. The Hall–Kier alpha value is -4.59. The molecule has 3 aromatic carbocycles. The number of aromatic nitrogens is 3. The first-order chi connectivity index (χ1) is 17.2. The van der Waals surface area contributed by atoms with Gasteiger partial charge in [0.25, 0.3) is 0 Å². The zero-order valence-corrected chi connectivity index (χ0v) is 19.1. The number of rotatable bonds is 4. The number of carbonyl (C=O) groups is 1. The third-order valence-electron chi connectivity index (χ3n) is 6.39. The molecule has 0 amide bonds. The van der Waals surface area contributed by atoms with Crippen molar-refractivity contribution in [3.63, 3.8) is 0 Å². The Morgan fingerprint density at radius 2 is 1.71 bits per heavy atom. The Morgan fingerprint density at radius 1 is 0.971 bits per heavy atom. The van der Waals surface area contributed by atoms with E-state index in [0.29, 0.717) is 11.5 Å². The smallest absolute Gasteiger partial charge is 0.337 e. The quantitative estimate of drug-likeness (QED) is 0.439. The van der Waals surface area contributed by atoms with Crippen molar-refractivity contribution >= 4 is 17.6 Å². The number of fused-ring (bicyclic) bond motifs is 3. The maximum atomic E-state index is 12.0. The second-order valence-corrected chi connectivity index (χ2v) is 8.27. The SMILES string of the molecule is COC(=O)c1ccc([C@@H]2Oc3ccccc3C3=C2[C@H](c2ccc(OC)cc2)n2ncnc2N3)cc1. The molecule has 2 aliphatic rings. The number of hydrogen-bond acceptors (Lipinski definition) is 7. The molecule has 8 nitrogen and oxygen atoms in total. The molecule has 0 aliphatic carbocycles. The summed E-state index contributed by atoms with van der Waals surface area (Å²) in [5, 5.41) is 8.03. The molecule has 0 radical (unpaired) electrons. The molecule has 174 valence electrons. The third kappa shape index (κ3) is 3.42. The summed E-state index contributed by atoms with van der Waals surface area (Å²) in [6.45, 7) is 0. The van der Waals surface area contributed by atoms with E-state index in [0.717, 1.165) is 39.5 Å². The molecule has 1 aromatic heterocycles. The zero-order chi connectivity index (χ0) is 23.9. The van der Waals surface area contributed by atoms with Crippen LogP contribution in [0, 0.1) is 0 Å². The summed E-state index contributed by atoms with van der Waals surface area (Å²) < 4.78 is 18.7. The number of methoxy groups -OCH3 is 2. The van der Waals surface area contributed by atoms with Crippen LogP contribution < -0.4 is 14.8 Å². The molecule has 0 spiro atoms. The van der Waals surface area contributed by atoms with E-state index < -0.39 is 6.10 Å². The van der Waals surface area contributed by atoms with Gasteiger partial charge in [0.2, 0.25) is 5.95 Å². The van der Waals surface area contributed by atoms with Crippen molar-refractivity contribution < 1.29 is 19.0 Å². The maximum Gasteiger partial charge on any atom is 0.337 e. The lowest BCUT2D eigenvalue weighted by atomic mass is 9.84. The lowest BCUT2D eigenvalue weighted by Crippen LogP contribution is -2.32. The molecular formula is C27H22N4O4. The van der Waals surface area contributed by atoms with Gasteiger partial charge in [-0.05, 0) is 47.5 Å². The number of carbonyl (C=O) groups excluding carboxylic acids is 1. The van der Waals surface area contributed by atoms with Gasteiger partial charge in [-0.15, -0.1) is 0 Å². The Balaban J connectivity index is 1.55. The molecule has 4 aromatic rings. The highest BCUT2D eigenvalue weighted by molar-refractivity contribution is 5.89. The first kappa shape index (κ1) is 21.0. The van der Waals surface area contributed by atoms with Gasteiger partial charge in [0, 0.05) is 11.1 Å². The van der Waals surface area contributed by atoms with Crippen molar-refractivity contribution in [3.8, 4) is 11.5 Å². The molecule has 2 atom stereocenters. The van der Waals surface area contributed by atoms with Crippen LogP contribution in [0.4, 0.5) is 5.95 Å². The number of nitrogens with one attached hydrogen (secondary N) is 1. The summed E-state index contributed by atoms with van der Waals surface area (Å²) in [4.78, 5) is 16.4. The number of para-hydroxylation sites is 1. The van der Waals surface area contributed by atoms with Gasteiger partial charge in [0.1, 0.15) is 30.0 Å². The second kappa shape index (κ2) is 8.32. The standard InChI is InChI=1S/C27H22N4O4/c1-33-19-13-11-16(12-14-19)24-22-23(30-27-28-15-29-31(24)27)20-5-3-4-6-21(20)35-25(22)17-7-9-18(10-8-17)26(32)34-2/h3-15,24-25H,1-2H3,(H,28,29,30)/t24-,25-/m0/s1. The molecule has 2 aliphatic heterocycles. The first-order valence-electron chi connectivity index (χ1n) is 11.2. The summed E-state index contributed by atoms with van der Waals surface area (Å²) in [5.74, 6) is 1.81. The number of ether oxygens (including phenoxy) is 3. The van der Waals surface area contributed by atoms with Crippen LogP contribution in [0.3, 0.4) is 0 Å². The van der Waals surface area contributed by atoms with Gasteiger partial charge in [-0.2, -0.15) is 10.1 Å². The predicted octanol–water partition coefficient (Wildman–Crippen LogP) is 4.63. The summed E-state index contributed by atoms with van der Waals surface area (Å²) >= 11 is 0. The highest BCUT2D eigenvalue weighted by atomic mass is 16.5. The van der Waals surface area contributed by atoms with Crippen LogP contribution in [-0.4, -0.2) is 35.0 Å².